The van der Waals surface area contributed by atoms with Crippen LogP contribution < -0.4 is 5.32 Å². The van der Waals surface area contributed by atoms with E-state index in [1.165, 1.54) is 0 Å². The molecule has 3 rings (SSSR count). The summed E-state index contributed by atoms with van der Waals surface area (Å²) < 4.78 is 5.87. The van der Waals surface area contributed by atoms with Gasteiger partial charge in [0.1, 0.15) is 11.6 Å². The molecule has 0 aliphatic heterocycles. The standard InChI is InChI=1S/C30H35NO2/c1-6-23(2)22-27(28(32)33-29(3,4)5)31-30(24-16-10-7-11-17-24,25-18-12-8-13-19-25)26-20-14-9-15-21-26/h6-21,27,31H,22H2,1-5H3/b23-6+/t27-/m0/s1. The van der Waals surface area contributed by atoms with E-state index in [4.69, 9.17) is 4.74 Å². The number of ether oxygens (including phenoxy) is 1. The first-order valence-electron chi connectivity index (χ1n) is 11.5. The Bertz CT molecular complexity index is 954. The zero-order valence-electron chi connectivity index (χ0n) is 20.3. The third-order valence-corrected chi connectivity index (χ3v) is 5.72. The van der Waals surface area contributed by atoms with Crippen molar-refractivity contribution in [3.05, 3.63) is 119 Å². The van der Waals surface area contributed by atoms with Crippen LogP contribution in [0.3, 0.4) is 0 Å². The van der Waals surface area contributed by atoms with Gasteiger partial charge in [-0.2, -0.15) is 0 Å². The number of hydrogen-bond acceptors (Lipinski definition) is 3. The van der Waals surface area contributed by atoms with Crippen LogP contribution in [0.2, 0.25) is 0 Å². The molecule has 0 saturated heterocycles. The van der Waals surface area contributed by atoms with Crippen molar-refractivity contribution in [1.29, 1.82) is 0 Å². The number of carbonyl (C=O) groups is 1. The van der Waals surface area contributed by atoms with Crippen LogP contribution in [0.5, 0.6) is 0 Å². The average molecular weight is 442 g/mol. The van der Waals surface area contributed by atoms with Crippen LogP contribution in [0.4, 0.5) is 0 Å². The first-order valence-corrected chi connectivity index (χ1v) is 11.5. The Kier molecular flexibility index (Phi) is 7.88. The van der Waals surface area contributed by atoms with Crippen molar-refractivity contribution in [2.45, 2.75) is 58.2 Å². The second-order valence-electron chi connectivity index (χ2n) is 9.42. The fraction of sp³-hybridized carbons (Fsp3) is 0.300. The summed E-state index contributed by atoms with van der Waals surface area (Å²) in [4.78, 5) is 13.5. The van der Waals surface area contributed by atoms with Gasteiger partial charge in [0.05, 0.1) is 5.54 Å². The SMILES string of the molecule is C/C=C(\C)C[C@H](NC(c1ccccc1)(c1ccccc1)c1ccccc1)C(=O)OC(C)(C)C. The van der Waals surface area contributed by atoms with Crippen molar-refractivity contribution >= 4 is 5.97 Å². The maximum atomic E-state index is 13.5. The average Bonchev–Trinajstić information content (AvgIpc) is 2.82. The number of carbonyl (C=O) groups excluding carboxylic acids is 1. The van der Waals surface area contributed by atoms with Gasteiger partial charge in [-0.1, -0.05) is 103 Å². The van der Waals surface area contributed by atoms with Crippen molar-refractivity contribution in [3.63, 3.8) is 0 Å². The molecule has 0 amide bonds. The summed E-state index contributed by atoms with van der Waals surface area (Å²) in [6.45, 7) is 9.77. The number of rotatable bonds is 8. The van der Waals surface area contributed by atoms with Crippen LogP contribution in [0.1, 0.15) is 57.7 Å². The van der Waals surface area contributed by atoms with Crippen molar-refractivity contribution in [3.8, 4) is 0 Å². The Balaban J connectivity index is 2.24. The topological polar surface area (TPSA) is 38.3 Å². The Morgan fingerprint density at radius 2 is 1.21 bits per heavy atom. The second-order valence-corrected chi connectivity index (χ2v) is 9.42. The molecular formula is C30H35NO2. The van der Waals surface area contributed by atoms with E-state index in [0.717, 1.165) is 22.3 Å². The van der Waals surface area contributed by atoms with Crippen LogP contribution >= 0.6 is 0 Å². The molecule has 3 aromatic carbocycles. The Morgan fingerprint density at radius 1 is 0.818 bits per heavy atom. The molecule has 0 saturated carbocycles. The first kappa shape index (κ1) is 24.5. The summed E-state index contributed by atoms with van der Waals surface area (Å²) in [7, 11) is 0. The summed E-state index contributed by atoms with van der Waals surface area (Å²) in [5.74, 6) is -0.254. The fourth-order valence-electron chi connectivity index (χ4n) is 4.08. The van der Waals surface area contributed by atoms with E-state index in [9.17, 15) is 4.79 Å². The predicted octanol–water partition coefficient (Wildman–Crippen LogP) is 6.63. The number of allylic oxidation sites excluding steroid dienone is 1. The maximum Gasteiger partial charge on any atom is 0.324 e. The molecule has 0 aliphatic carbocycles. The molecule has 3 nitrogen and oxygen atoms in total. The number of nitrogens with one attached hydrogen (secondary N) is 1. The third kappa shape index (κ3) is 6.00. The monoisotopic (exact) mass is 441 g/mol. The number of esters is 1. The lowest BCUT2D eigenvalue weighted by atomic mass is 9.76. The highest BCUT2D eigenvalue weighted by molar-refractivity contribution is 5.77. The highest BCUT2D eigenvalue weighted by Gasteiger charge is 2.40. The molecule has 3 heteroatoms. The lowest BCUT2D eigenvalue weighted by molar-refractivity contribution is -0.157. The Labute approximate surface area is 198 Å². The number of benzene rings is 3. The molecule has 0 bridgehead atoms. The Hall–Kier alpha value is -3.17. The van der Waals surface area contributed by atoms with Crippen LogP contribution in [-0.2, 0) is 15.1 Å². The minimum Gasteiger partial charge on any atom is -0.459 e. The van der Waals surface area contributed by atoms with Gasteiger partial charge < -0.3 is 4.74 Å². The van der Waals surface area contributed by atoms with Crippen LogP contribution in [0, 0.1) is 0 Å². The highest BCUT2D eigenvalue weighted by atomic mass is 16.6. The summed E-state index contributed by atoms with van der Waals surface area (Å²) in [6, 6.07) is 30.4. The molecule has 0 spiro atoms. The summed E-state index contributed by atoms with van der Waals surface area (Å²) in [6.07, 6.45) is 2.61. The summed E-state index contributed by atoms with van der Waals surface area (Å²) in [5.41, 5.74) is 3.01. The normalized spacial score (nSPS) is 13.4. The van der Waals surface area contributed by atoms with E-state index in [1.54, 1.807) is 0 Å². The lowest BCUT2D eigenvalue weighted by Gasteiger charge is -2.40. The molecule has 0 aliphatic rings. The molecule has 1 N–H and O–H groups in total. The smallest absolute Gasteiger partial charge is 0.324 e. The molecular weight excluding hydrogens is 406 g/mol. The van der Waals surface area contributed by atoms with Crippen molar-refractivity contribution in [1.82, 2.24) is 5.32 Å². The fourth-order valence-corrected chi connectivity index (χ4v) is 4.08. The minimum atomic E-state index is -0.737. The van der Waals surface area contributed by atoms with Gasteiger partial charge in [0.25, 0.3) is 0 Å². The van der Waals surface area contributed by atoms with E-state index in [1.807, 2.05) is 95.3 Å². The molecule has 0 aromatic heterocycles. The maximum absolute atomic E-state index is 13.5. The zero-order valence-corrected chi connectivity index (χ0v) is 20.3. The lowest BCUT2D eigenvalue weighted by Crippen LogP contribution is -2.53. The van der Waals surface area contributed by atoms with Crippen LogP contribution in [0.15, 0.2) is 103 Å². The zero-order chi connectivity index (χ0) is 23.9. The largest absolute Gasteiger partial charge is 0.459 e. The molecule has 1 atom stereocenters. The minimum absolute atomic E-state index is 0.254. The molecule has 0 heterocycles. The molecule has 172 valence electrons. The highest BCUT2D eigenvalue weighted by Crippen LogP contribution is 2.38. The van der Waals surface area contributed by atoms with Crippen LogP contribution in [0.25, 0.3) is 0 Å². The predicted molar refractivity (Wildman–Crippen MR) is 136 cm³/mol. The quantitative estimate of drug-likeness (QED) is 0.242. The second kappa shape index (κ2) is 10.6. The van der Waals surface area contributed by atoms with Gasteiger partial charge in [-0.3, -0.25) is 10.1 Å². The van der Waals surface area contributed by atoms with Crippen LogP contribution in [-0.4, -0.2) is 17.6 Å². The van der Waals surface area contributed by atoms with E-state index < -0.39 is 17.2 Å². The van der Waals surface area contributed by atoms with Gasteiger partial charge in [-0.15, -0.1) is 0 Å². The van der Waals surface area contributed by atoms with Gasteiger partial charge >= 0.3 is 5.97 Å². The number of hydrogen-bond donors (Lipinski definition) is 1. The third-order valence-electron chi connectivity index (χ3n) is 5.72. The van der Waals surface area contributed by atoms with E-state index in [-0.39, 0.29) is 5.97 Å². The molecule has 33 heavy (non-hydrogen) atoms. The van der Waals surface area contributed by atoms with E-state index >= 15 is 0 Å². The van der Waals surface area contributed by atoms with Gasteiger partial charge in [-0.05, 0) is 57.7 Å². The van der Waals surface area contributed by atoms with Crippen molar-refractivity contribution in [2.75, 3.05) is 0 Å². The van der Waals surface area contributed by atoms with Crippen molar-refractivity contribution < 1.29 is 9.53 Å². The van der Waals surface area contributed by atoms with Gasteiger partial charge in [0.2, 0.25) is 0 Å². The van der Waals surface area contributed by atoms with Gasteiger partial charge in [0, 0.05) is 0 Å². The summed E-state index contributed by atoms with van der Waals surface area (Å²) >= 11 is 0. The molecule has 0 fully saturated rings. The van der Waals surface area contributed by atoms with Crippen molar-refractivity contribution in [2.24, 2.45) is 0 Å². The molecule has 3 aromatic rings. The van der Waals surface area contributed by atoms with E-state index in [2.05, 4.69) is 41.7 Å². The molecule has 0 unspecified atom stereocenters. The van der Waals surface area contributed by atoms with Gasteiger partial charge in [-0.25, -0.2) is 0 Å². The van der Waals surface area contributed by atoms with E-state index in [0.29, 0.717) is 6.42 Å². The summed E-state index contributed by atoms with van der Waals surface area (Å²) in [5, 5.41) is 3.79. The Morgan fingerprint density at radius 3 is 1.55 bits per heavy atom. The van der Waals surface area contributed by atoms with Gasteiger partial charge in [0.15, 0.2) is 0 Å². The molecule has 0 radical (unpaired) electrons. The first-order chi connectivity index (χ1) is 15.8.